The van der Waals surface area contributed by atoms with Gasteiger partial charge in [-0.2, -0.15) is 11.8 Å². The van der Waals surface area contributed by atoms with Crippen LogP contribution in [-0.4, -0.2) is 30.2 Å². The second-order valence-electron chi connectivity index (χ2n) is 3.18. The van der Waals surface area contributed by atoms with Gasteiger partial charge in [0, 0.05) is 13.1 Å². The minimum atomic E-state index is -0.0210. The summed E-state index contributed by atoms with van der Waals surface area (Å²) in [6.07, 6.45) is 2.01. The summed E-state index contributed by atoms with van der Waals surface area (Å²) in [7, 11) is 0. The lowest BCUT2D eigenvalue weighted by Gasteiger charge is -2.16. The van der Waals surface area contributed by atoms with Crippen LogP contribution < -0.4 is 0 Å². The van der Waals surface area contributed by atoms with Gasteiger partial charge in [0.1, 0.15) is 5.76 Å². The molecule has 15 heavy (non-hydrogen) atoms. The number of carbonyl (C=O) groups excluding carboxylic acids is 1. The maximum atomic E-state index is 11.8. The molecule has 84 valence electrons. The maximum absolute atomic E-state index is 11.8. The molecule has 0 radical (unpaired) electrons. The van der Waals surface area contributed by atoms with Crippen LogP contribution in [0.2, 0.25) is 0 Å². The van der Waals surface area contributed by atoms with Crippen molar-refractivity contribution in [3.05, 3.63) is 23.7 Å². The first-order valence-corrected chi connectivity index (χ1v) is 6.49. The van der Waals surface area contributed by atoms with Gasteiger partial charge in [-0.15, -0.1) is 0 Å². The molecule has 0 bridgehead atoms. The van der Waals surface area contributed by atoms with E-state index in [1.165, 1.54) is 0 Å². The van der Waals surface area contributed by atoms with Gasteiger partial charge in [0.15, 0.2) is 5.76 Å². The summed E-state index contributed by atoms with van der Waals surface area (Å²) in [4.78, 5) is 13.6. The number of nitrogens with zero attached hydrogens (tertiary/aromatic N) is 1. The number of hydrogen-bond donors (Lipinski definition) is 0. The van der Waals surface area contributed by atoms with E-state index in [4.69, 9.17) is 4.42 Å². The van der Waals surface area contributed by atoms with Gasteiger partial charge in [-0.3, -0.25) is 4.79 Å². The lowest BCUT2D eigenvalue weighted by molar-refractivity contribution is 0.0739. The summed E-state index contributed by atoms with van der Waals surface area (Å²) in [5.74, 6) is 2.10. The van der Waals surface area contributed by atoms with Gasteiger partial charge in [0.25, 0.3) is 5.91 Å². The van der Waals surface area contributed by atoms with Gasteiger partial charge in [0.05, 0.1) is 5.75 Å². The second-order valence-corrected chi connectivity index (χ2v) is 4.04. The molecule has 1 rings (SSSR count). The summed E-state index contributed by atoms with van der Waals surface area (Å²) in [6.45, 7) is 5.36. The van der Waals surface area contributed by atoms with Gasteiger partial charge < -0.3 is 9.32 Å². The smallest absolute Gasteiger partial charge is 0.289 e. The summed E-state index contributed by atoms with van der Waals surface area (Å²) < 4.78 is 5.46. The number of thioether (sulfide) groups is 1. The van der Waals surface area contributed by atoms with Crippen molar-refractivity contribution in [1.82, 2.24) is 4.90 Å². The van der Waals surface area contributed by atoms with Crippen molar-refractivity contribution in [3.63, 3.8) is 0 Å². The molecule has 0 fully saturated rings. The molecule has 0 aliphatic heterocycles. The van der Waals surface area contributed by atoms with Crippen molar-refractivity contribution < 1.29 is 9.21 Å². The van der Waals surface area contributed by atoms with E-state index in [1.54, 1.807) is 22.7 Å². The van der Waals surface area contributed by atoms with Crippen LogP contribution in [-0.2, 0) is 5.75 Å². The van der Waals surface area contributed by atoms with E-state index in [1.807, 2.05) is 26.2 Å². The molecule has 1 aromatic heterocycles. The van der Waals surface area contributed by atoms with Crippen LogP contribution in [0.1, 0.15) is 30.2 Å². The first-order chi connectivity index (χ1) is 7.22. The summed E-state index contributed by atoms with van der Waals surface area (Å²) in [5.41, 5.74) is 0. The predicted octanol–water partition coefficient (Wildman–Crippen LogP) is 2.62. The molecule has 0 aliphatic carbocycles. The Morgan fingerprint density at radius 2 is 2.07 bits per heavy atom. The fourth-order valence-electron chi connectivity index (χ4n) is 1.38. The van der Waals surface area contributed by atoms with E-state index in [0.717, 1.165) is 11.5 Å². The van der Waals surface area contributed by atoms with E-state index in [9.17, 15) is 4.79 Å². The van der Waals surface area contributed by atoms with Crippen molar-refractivity contribution in [2.45, 2.75) is 19.6 Å². The van der Waals surface area contributed by atoms with Gasteiger partial charge >= 0.3 is 0 Å². The maximum Gasteiger partial charge on any atom is 0.289 e. The molecular weight excluding hydrogens is 210 g/mol. The third-order valence-electron chi connectivity index (χ3n) is 2.21. The lowest BCUT2D eigenvalue weighted by Crippen LogP contribution is -2.30. The van der Waals surface area contributed by atoms with E-state index in [0.29, 0.717) is 18.8 Å². The highest BCUT2D eigenvalue weighted by Gasteiger charge is 2.16. The molecule has 0 unspecified atom stereocenters. The fraction of sp³-hybridized carbons (Fsp3) is 0.545. The van der Waals surface area contributed by atoms with E-state index < -0.39 is 0 Å². The summed E-state index contributed by atoms with van der Waals surface area (Å²) in [6, 6.07) is 3.62. The molecule has 4 heteroatoms. The van der Waals surface area contributed by atoms with Crippen LogP contribution in [0.5, 0.6) is 0 Å². The van der Waals surface area contributed by atoms with Crippen LogP contribution in [0.3, 0.4) is 0 Å². The number of rotatable bonds is 5. The van der Waals surface area contributed by atoms with Crippen LogP contribution >= 0.6 is 11.8 Å². The standard InChI is InChI=1S/C11H17NO2S/c1-4-12(5-2)11(13)10-7-6-9(14-10)8-15-3/h6-7H,4-5,8H2,1-3H3. The molecule has 1 heterocycles. The summed E-state index contributed by atoms with van der Waals surface area (Å²) in [5, 5.41) is 0. The highest BCUT2D eigenvalue weighted by atomic mass is 32.2. The molecule has 0 atom stereocenters. The molecule has 0 spiro atoms. The van der Waals surface area contributed by atoms with Gasteiger partial charge in [-0.05, 0) is 32.2 Å². The highest BCUT2D eigenvalue weighted by molar-refractivity contribution is 7.97. The molecule has 0 aromatic carbocycles. The first kappa shape index (κ1) is 12.2. The van der Waals surface area contributed by atoms with Crippen molar-refractivity contribution in [3.8, 4) is 0 Å². The first-order valence-electron chi connectivity index (χ1n) is 5.09. The Hall–Kier alpha value is -0.900. The Labute approximate surface area is 94.8 Å². The van der Waals surface area contributed by atoms with Gasteiger partial charge in [-0.1, -0.05) is 0 Å². The lowest BCUT2D eigenvalue weighted by atomic mass is 10.3. The molecule has 0 aliphatic rings. The van der Waals surface area contributed by atoms with Crippen LogP contribution in [0.15, 0.2) is 16.5 Å². The quantitative estimate of drug-likeness (QED) is 0.775. The molecule has 1 aromatic rings. The molecule has 3 nitrogen and oxygen atoms in total. The molecule has 1 amide bonds. The molecule has 0 saturated heterocycles. The Bertz CT molecular complexity index is 318. The molecule has 0 saturated carbocycles. The van der Waals surface area contributed by atoms with Crippen LogP contribution in [0.25, 0.3) is 0 Å². The monoisotopic (exact) mass is 227 g/mol. The fourth-order valence-corrected chi connectivity index (χ4v) is 1.82. The SMILES string of the molecule is CCN(CC)C(=O)c1ccc(CSC)o1. The zero-order valence-corrected chi connectivity index (χ0v) is 10.3. The van der Waals surface area contributed by atoms with Crippen molar-refractivity contribution in [2.75, 3.05) is 19.3 Å². The Balaban J connectivity index is 2.73. The van der Waals surface area contributed by atoms with Crippen molar-refractivity contribution in [1.29, 1.82) is 0 Å². The van der Waals surface area contributed by atoms with Gasteiger partial charge in [-0.25, -0.2) is 0 Å². The average molecular weight is 227 g/mol. The number of carbonyl (C=O) groups is 1. The second kappa shape index (κ2) is 5.85. The van der Waals surface area contributed by atoms with Crippen molar-refractivity contribution >= 4 is 17.7 Å². The highest BCUT2D eigenvalue weighted by Crippen LogP contribution is 2.14. The Morgan fingerprint density at radius 3 is 2.60 bits per heavy atom. The number of hydrogen-bond acceptors (Lipinski definition) is 3. The summed E-state index contributed by atoms with van der Waals surface area (Å²) >= 11 is 1.68. The largest absolute Gasteiger partial charge is 0.455 e. The third-order valence-corrected chi connectivity index (χ3v) is 2.78. The van der Waals surface area contributed by atoms with Crippen LogP contribution in [0, 0.1) is 0 Å². The minimum Gasteiger partial charge on any atom is -0.455 e. The van der Waals surface area contributed by atoms with Gasteiger partial charge in [0.2, 0.25) is 0 Å². The average Bonchev–Trinajstić information content (AvgIpc) is 2.68. The van der Waals surface area contributed by atoms with E-state index in [2.05, 4.69) is 0 Å². The zero-order chi connectivity index (χ0) is 11.3. The Kier molecular flexibility index (Phi) is 4.75. The minimum absolute atomic E-state index is 0.0210. The molecular formula is C11H17NO2S. The topological polar surface area (TPSA) is 33.5 Å². The Morgan fingerprint density at radius 1 is 1.40 bits per heavy atom. The third kappa shape index (κ3) is 3.02. The number of amides is 1. The zero-order valence-electron chi connectivity index (χ0n) is 9.45. The van der Waals surface area contributed by atoms with Crippen LogP contribution in [0.4, 0.5) is 0 Å². The number of furan rings is 1. The molecule has 0 N–H and O–H groups in total. The van der Waals surface area contributed by atoms with E-state index >= 15 is 0 Å². The normalized spacial score (nSPS) is 10.3. The van der Waals surface area contributed by atoms with E-state index in [-0.39, 0.29) is 5.91 Å². The van der Waals surface area contributed by atoms with Crippen molar-refractivity contribution in [2.24, 2.45) is 0 Å². The predicted molar refractivity (Wildman–Crippen MR) is 63.2 cm³/mol.